The van der Waals surface area contributed by atoms with Crippen LogP contribution in [0.25, 0.3) is 0 Å². The molecular weight excluding hydrogens is 192 g/mol. The summed E-state index contributed by atoms with van der Waals surface area (Å²) in [6, 6.07) is 1.57. The Balaban J connectivity index is 2.12. The van der Waals surface area contributed by atoms with Crippen LogP contribution in [0.4, 0.5) is 8.78 Å². The van der Waals surface area contributed by atoms with Gasteiger partial charge in [0.1, 0.15) is 0 Å². The average molecular weight is 203 g/mol. The van der Waals surface area contributed by atoms with Crippen LogP contribution in [0.15, 0.2) is 6.07 Å². The van der Waals surface area contributed by atoms with E-state index in [1.807, 2.05) is 0 Å². The van der Waals surface area contributed by atoms with Gasteiger partial charge in [0.15, 0.2) is 0 Å². The molecule has 1 saturated carbocycles. The minimum Gasteiger partial charge on any atom is -0.204 e. The van der Waals surface area contributed by atoms with E-state index in [1.54, 1.807) is 6.07 Å². The fraction of sp³-hybridized carbons (Fsp3) is 0.667. The number of aromatic nitrogens is 1. The highest BCUT2D eigenvalue weighted by Gasteiger charge is 2.21. The molecule has 0 unspecified atom stereocenters. The summed E-state index contributed by atoms with van der Waals surface area (Å²) in [6.07, 6.45) is 2.31. The molecule has 0 spiro atoms. The quantitative estimate of drug-likeness (QED) is 0.713. The van der Waals surface area contributed by atoms with Crippen molar-refractivity contribution in [3.8, 4) is 0 Å². The van der Waals surface area contributed by atoms with Gasteiger partial charge in [0.2, 0.25) is 0 Å². The third kappa shape index (κ3) is 1.88. The van der Waals surface area contributed by atoms with E-state index < -0.39 is 6.43 Å². The van der Waals surface area contributed by atoms with Gasteiger partial charge >= 0.3 is 0 Å². The van der Waals surface area contributed by atoms with Crippen molar-refractivity contribution in [2.75, 3.05) is 0 Å². The van der Waals surface area contributed by atoms with E-state index in [1.165, 1.54) is 12.8 Å². The standard InChI is InChI=1S/C9H11F2NS/c10-9(11)8-5-7(12-13-8)6-3-1-2-4-6/h5-6,9H,1-4H2. The maximum atomic E-state index is 12.2. The molecule has 0 radical (unpaired) electrons. The molecule has 0 N–H and O–H groups in total. The van der Waals surface area contributed by atoms with Crippen molar-refractivity contribution in [1.29, 1.82) is 0 Å². The first-order valence-electron chi connectivity index (χ1n) is 4.52. The first-order chi connectivity index (χ1) is 6.27. The summed E-state index contributed by atoms with van der Waals surface area (Å²) >= 11 is 0.944. The summed E-state index contributed by atoms with van der Waals surface area (Å²) in [5.74, 6) is 0.448. The highest BCUT2D eigenvalue weighted by atomic mass is 32.1. The number of halogens is 2. The van der Waals surface area contributed by atoms with Gasteiger partial charge in [0.25, 0.3) is 6.43 Å². The summed E-state index contributed by atoms with van der Waals surface area (Å²) in [5.41, 5.74) is 0.887. The maximum absolute atomic E-state index is 12.2. The summed E-state index contributed by atoms with van der Waals surface area (Å²) in [5, 5.41) is 0. The van der Waals surface area contributed by atoms with Crippen molar-refractivity contribution < 1.29 is 8.78 Å². The van der Waals surface area contributed by atoms with Crippen LogP contribution in [0.1, 0.15) is 48.6 Å². The van der Waals surface area contributed by atoms with Gasteiger partial charge in [-0.05, 0) is 30.4 Å². The van der Waals surface area contributed by atoms with E-state index >= 15 is 0 Å². The average Bonchev–Trinajstić information content (AvgIpc) is 2.75. The van der Waals surface area contributed by atoms with Gasteiger partial charge in [-0.1, -0.05) is 12.8 Å². The molecule has 13 heavy (non-hydrogen) atoms. The van der Waals surface area contributed by atoms with Crippen molar-refractivity contribution in [3.63, 3.8) is 0 Å². The van der Waals surface area contributed by atoms with Crippen LogP contribution in [-0.4, -0.2) is 4.37 Å². The Kier molecular flexibility index (Phi) is 2.58. The van der Waals surface area contributed by atoms with Crippen molar-refractivity contribution in [3.05, 3.63) is 16.6 Å². The van der Waals surface area contributed by atoms with Crippen LogP contribution in [0, 0.1) is 0 Å². The number of alkyl halides is 2. The Bertz CT molecular complexity index is 279. The molecule has 4 heteroatoms. The zero-order valence-electron chi connectivity index (χ0n) is 7.17. The lowest BCUT2D eigenvalue weighted by Crippen LogP contribution is -1.90. The molecule has 1 fully saturated rings. The van der Waals surface area contributed by atoms with Crippen LogP contribution in [0.5, 0.6) is 0 Å². The minimum absolute atomic E-state index is 0.113. The molecule has 1 aliphatic carbocycles. The number of nitrogens with zero attached hydrogens (tertiary/aromatic N) is 1. The molecular formula is C9H11F2NS. The molecule has 0 aromatic carbocycles. The lowest BCUT2D eigenvalue weighted by molar-refractivity contribution is 0.155. The van der Waals surface area contributed by atoms with Crippen molar-refractivity contribution in [1.82, 2.24) is 4.37 Å². The van der Waals surface area contributed by atoms with Crippen LogP contribution < -0.4 is 0 Å². The molecule has 0 aliphatic heterocycles. The van der Waals surface area contributed by atoms with Gasteiger partial charge in [-0.2, -0.15) is 4.37 Å². The Labute approximate surface area is 79.9 Å². The van der Waals surface area contributed by atoms with Crippen LogP contribution in [0.2, 0.25) is 0 Å². The van der Waals surface area contributed by atoms with Gasteiger partial charge in [0.05, 0.1) is 10.6 Å². The summed E-state index contributed by atoms with van der Waals surface area (Å²) in [7, 11) is 0. The third-order valence-electron chi connectivity index (χ3n) is 2.54. The Morgan fingerprint density at radius 2 is 2.08 bits per heavy atom. The van der Waals surface area contributed by atoms with Gasteiger partial charge in [-0.15, -0.1) is 0 Å². The second kappa shape index (κ2) is 3.70. The van der Waals surface area contributed by atoms with E-state index in [9.17, 15) is 8.78 Å². The Morgan fingerprint density at radius 3 is 2.62 bits per heavy atom. The number of rotatable bonds is 2. The lowest BCUT2D eigenvalue weighted by atomic mass is 10.0. The molecule has 0 atom stereocenters. The molecule has 0 bridgehead atoms. The highest BCUT2D eigenvalue weighted by Crippen LogP contribution is 2.36. The molecule has 1 aromatic rings. The predicted octanol–water partition coefficient (Wildman–Crippen LogP) is 3.74. The molecule has 1 aromatic heterocycles. The maximum Gasteiger partial charge on any atom is 0.274 e. The molecule has 1 nitrogen and oxygen atoms in total. The van der Waals surface area contributed by atoms with Crippen LogP contribution >= 0.6 is 11.5 Å². The monoisotopic (exact) mass is 203 g/mol. The topological polar surface area (TPSA) is 12.9 Å². The SMILES string of the molecule is FC(F)c1cc(C2CCCC2)ns1. The van der Waals surface area contributed by atoms with Gasteiger partial charge in [-0.25, -0.2) is 8.78 Å². The summed E-state index contributed by atoms with van der Waals surface area (Å²) in [6.45, 7) is 0. The van der Waals surface area contributed by atoms with E-state index in [0.717, 1.165) is 30.1 Å². The third-order valence-corrected chi connectivity index (χ3v) is 3.34. The molecule has 2 rings (SSSR count). The molecule has 1 heterocycles. The van der Waals surface area contributed by atoms with Crippen molar-refractivity contribution in [2.45, 2.75) is 38.0 Å². The minimum atomic E-state index is -2.35. The smallest absolute Gasteiger partial charge is 0.204 e. The first-order valence-corrected chi connectivity index (χ1v) is 5.29. The molecule has 0 amide bonds. The fourth-order valence-electron chi connectivity index (χ4n) is 1.82. The lowest BCUT2D eigenvalue weighted by Gasteiger charge is -2.02. The first kappa shape index (κ1) is 9.06. The molecule has 72 valence electrons. The Morgan fingerprint density at radius 1 is 1.38 bits per heavy atom. The zero-order chi connectivity index (χ0) is 9.26. The van der Waals surface area contributed by atoms with Crippen LogP contribution in [-0.2, 0) is 0 Å². The van der Waals surface area contributed by atoms with E-state index in [-0.39, 0.29) is 4.88 Å². The van der Waals surface area contributed by atoms with E-state index in [2.05, 4.69) is 4.37 Å². The molecule has 0 saturated heterocycles. The second-order valence-electron chi connectivity index (χ2n) is 3.44. The van der Waals surface area contributed by atoms with E-state index in [0.29, 0.717) is 5.92 Å². The zero-order valence-corrected chi connectivity index (χ0v) is 7.99. The van der Waals surface area contributed by atoms with Gasteiger partial charge in [0, 0.05) is 5.92 Å². The number of hydrogen-bond acceptors (Lipinski definition) is 2. The highest BCUT2D eigenvalue weighted by molar-refractivity contribution is 7.05. The molecule has 1 aliphatic rings. The second-order valence-corrected chi connectivity index (χ2v) is 4.27. The van der Waals surface area contributed by atoms with Crippen LogP contribution in [0.3, 0.4) is 0 Å². The van der Waals surface area contributed by atoms with Gasteiger partial charge in [-0.3, -0.25) is 0 Å². The normalized spacial score (nSPS) is 18.7. The largest absolute Gasteiger partial charge is 0.274 e. The number of hydrogen-bond donors (Lipinski definition) is 0. The Hall–Kier alpha value is -0.510. The van der Waals surface area contributed by atoms with Crippen molar-refractivity contribution >= 4 is 11.5 Å². The predicted molar refractivity (Wildman–Crippen MR) is 48.3 cm³/mol. The summed E-state index contributed by atoms with van der Waals surface area (Å²) in [4.78, 5) is 0.113. The van der Waals surface area contributed by atoms with E-state index in [4.69, 9.17) is 0 Å². The van der Waals surface area contributed by atoms with Gasteiger partial charge < -0.3 is 0 Å². The fourth-order valence-corrected chi connectivity index (χ4v) is 2.49. The van der Waals surface area contributed by atoms with Crippen molar-refractivity contribution in [2.24, 2.45) is 0 Å². The summed E-state index contributed by atoms with van der Waals surface area (Å²) < 4.78 is 28.6.